The number of rotatable bonds is 5. The third-order valence-corrected chi connectivity index (χ3v) is 5.69. The van der Waals surface area contributed by atoms with Gasteiger partial charge in [0.2, 0.25) is 5.91 Å². The minimum atomic E-state index is -0.524. The van der Waals surface area contributed by atoms with Crippen LogP contribution in [0, 0.1) is 5.82 Å². The van der Waals surface area contributed by atoms with Gasteiger partial charge in [0.15, 0.2) is 5.78 Å². The van der Waals surface area contributed by atoms with Crippen molar-refractivity contribution in [2.24, 2.45) is 0 Å². The molecule has 2 heterocycles. The van der Waals surface area contributed by atoms with Crippen LogP contribution in [0.2, 0.25) is 0 Å². The van der Waals surface area contributed by atoms with E-state index in [1.165, 1.54) is 12.1 Å². The number of amides is 1. The molecule has 2 saturated heterocycles. The summed E-state index contributed by atoms with van der Waals surface area (Å²) in [4.78, 5) is 29.3. The van der Waals surface area contributed by atoms with Crippen molar-refractivity contribution >= 4 is 17.4 Å². The van der Waals surface area contributed by atoms with Crippen LogP contribution in [0.5, 0.6) is 0 Å². The van der Waals surface area contributed by atoms with Crippen LogP contribution in [-0.2, 0) is 20.9 Å². The summed E-state index contributed by atoms with van der Waals surface area (Å²) in [6.45, 7) is 3.25. The summed E-state index contributed by atoms with van der Waals surface area (Å²) < 4.78 is 18.9. The Morgan fingerprint density at radius 1 is 1.03 bits per heavy atom. The molecular weight excluding hydrogens is 385 g/mol. The zero-order chi connectivity index (χ0) is 20.9. The Balaban J connectivity index is 1.25. The molecule has 2 fully saturated rings. The van der Waals surface area contributed by atoms with E-state index >= 15 is 0 Å². The zero-order valence-electron chi connectivity index (χ0n) is 16.8. The first-order chi connectivity index (χ1) is 14.6. The van der Waals surface area contributed by atoms with Crippen LogP contribution in [-0.4, -0.2) is 61.5 Å². The van der Waals surface area contributed by atoms with Gasteiger partial charge >= 0.3 is 0 Å². The van der Waals surface area contributed by atoms with E-state index in [1.54, 1.807) is 17.0 Å². The number of halogens is 1. The lowest BCUT2D eigenvalue weighted by atomic mass is 9.99. The first-order valence-corrected chi connectivity index (χ1v) is 10.3. The Bertz CT molecular complexity index is 867. The summed E-state index contributed by atoms with van der Waals surface area (Å²) in [6.07, 6.45) is -0.374. The first kappa shape index (κ1) is 20.5. The number of hydrogen-bond acceptors (Lipinski definition) is 5. The fourth-order valence-corrected chi connectivity index (χ4v) is 3.92. The Hall–Kier alpha value is -2.77. The van der Waals surface area contributed by atoms with Gasteiger partial charge in [-0.2, -0.15) is 0 Å². The molecular formula is C23H26FN3O3. The van der Waals surface area contributed by atoms with Crippen LogP contribution < -0.4 is 10.2 Å². The minimum absolute atomic E-state index is 0.0343. The number of ketones is 1. The Morgan fingerprint density at radius 2 is 1.73 bits per heavy atom. The smallest absolute Gasteiger partial charge is 0.240 e. The van der Waals surface area contributed by atoms with Crippen molar-refractivity contribution in [1.29, 1.82) is 0 Å². The van der Waals surface area contributed by atoms with Gasteiger partial charge in [0.25, 0.3) is 0 Å². The highest BCUT2D eigenvalue weighted by molar-refractivity contribution is 5.92. The summed E-state index contributed by atoms with van der Waals surface area (Å²) in [5.74, 6) is -0.330. The molecule has 0 saturated carbocycles. The molecule has 2 atom stereocenters. The molecule has 0 aliphatic carbocycles. The fraction of sp³-hybridized carbons (Fsp3) is 0.391. The number of carbonyl (C=O) groups is 2. The lowest BCUT2D eigenvalue weighted by molar-refractivity contribution is -0.142. The number of Topliss-reactive ketones (excluding diaryl/α,β-unsaturated/α-hetero) is 1. The van der Waals surface area contributed by atoms with Crippen LogP contribution in [0.4, 0.5) is 10.1 Å². The van der Waals surface area contributed by atoms with Crippen molar-refractivity contribution in [2.45, 2.75) is 25.2 Å². The van der Waals surface area contributed by atoms with E-state index in [2.05, 4.69) is 10.2 Å². The number of piperidine rings is 1. The monoisotopic (exact) mass is 411 g/mol. The van der Waals surface area contributed by atoms with Crippen molar-refractivity contribution in [3.8, 4) is 0 Å². The van der Waals surface area contributed by atoms with E-state index < -0.39 is 12.1 Å². The summed E-state index contributed by atoms with van der Waals surface area (Å²) >= 11 is 0. The highest BCUT2D eigenvalue weighted by Gasteiger charge is 2.35. The number of carbonyl (C=O) groups excluding carboxylic acids is 2. The van der Waals surface area contributed by atoms with Gasteiger partial charge in [0, 0.05) is 44.8 Å². The van der Waals surface area contributed by atoms with E-state index in [9.17, 15) is 14.0 Å². The average Bonchev–Trinajstić information content (AvgIpc) is 2.79. The summed E-state index contributed by atoms with van der Waals surface area (Å²) in [6, 6.07) is 15.6. The SMILES string of the molecule is O=C1CC(C(=O)N2CCN(c3ccc(F)cc3)CC2)NCC1OCc1ccccc1. The van der Waals surface area contributed by atoms with Gasteiger partial charge < -0.3 is 19.9 Å². The number of piperazine rings is 1. The molecule has 0 aromatic heterocycles. The second kappa shape index (κ2) is 9.36. The summed E-state index contributed by atoms with van der Waals surface area (Å²) in [7, 11) is 0. The molecule has 4 rings (SSSR count). The standard InChI is InChI=1S/C23H26FN3O3/c24-18-6-8-19(9-7-18)26-10-12-27(13-11-26)23(29)20-14-21(28)22(15-25-20)30-16-17-4-2-1-3-5-17/h1-9,20,22,25H,10-16H2. The second-order valence-corrected chi connectivity index (χ2v) is 7.71. The molecule has 2 unspecified atom stereocenters. The number of hydrogen-bond donors (Lipinski definition) is 1. The molecule has 2 aromatic carbocycles. The quantitative estimate of drug-likeness (QED) is 0.816. The number of ether oxygens (including phenoxy) is 1. The van der Waals surface area contributed by atoms with Crippen LogP contribution in [0.15, 0.2) is 54.6 Å². The Labute approximate surface area is 175 Å². The van der Waals surface area contributed by atoms with E-state index in [0.29, 0.717) is 39.3 Å². The van der Waals surface area contributed by atoms with Crippen LogP contribution in [0.1, 0.15) is 12.0 Å². The molecule has 0 radical (unpaired) electrons. The summed E-state index contributed by atoms with van der Waals surface area (Å²) in [5, 5.41) is 3.19. The topological polar surface area (TPSA) is 61.9 Å². The van der Waals surface area contributed by atoms with Crippen molar-refractivity contribution in [3.63, 3.8) is 0 Å². The van der Waals surface area contributed by atoms with Crippen molar-refractivity contribution in [1.82, 2.24) is 10.2 Å². The lowest BCUT2D eigenvalue weighted by Crippen LogP contribution is -2.58. The average molecular weight is 411 g/mol. The van der Waals surface area contributed by atoms with Gasteiger partial charge in [-0.1, -0.05) is 30.3 Å². The van der Waals surface area contributed by atoms with Gasteiger partial charge in [-0.3, -0.25) is 9.59 Å². The minimum Gasteiger partial charge on any atom is -0.368 e. The highest BCUT2D eigenvalue weighted by atomic mass is 19.1. The molecule has 158 valence electrons. The zero-order valence-corrected chi connectivity index (χ0v) is 16.8. The van der Waals surface area contributed by atoms with Crippen LogP contribution >= 0.6 is 0 Å². The van der Waals surface area contributed by atoms with E-state index in [-0.39, 0.29) is 23.9 Å². The Morgan fingerprint density at radius 3 is 2.40 bits per heavy atom. The number of nitrogens with zero attached hydrogens (tertiary/aromatic N) is 2. The molecule has 2 aromatic rings. The molecule has 0 spiro atoms. The van der Waals surface area contributed by atoms with E-state index in [1.807, 2.05) is 30.3 Å². The lowest BCUT2D eigenvalue weighted by Gasteiger charge is -2.38. The molecule has 6 nitrogen and oxygen atoms in total. The van der Waals surface area contributed by atoms with Crippen LogP contribution in [0.3, 0.4) is 0 Å². The van der Waals surface area contributed by atoms with Crippen molar-refractivity contribution in [2.75, 3.05) is 37.6 Å². The molecule has 0 bridgehead atoms. The predicted molar refractivity (Wildman–Crippen MR) is 112 cm³/mol. The normalized spacial score (nSPS) is 22.2. The number of anilines is 1. The van der Waals surface area contributed by atoms with Gasteiger partial charge in [0.05, 0.1) is 12.6 Å². The third-order valence-electron chi connectivity index (χ3n) is 5.69. The van der Waals surface area contributed by atoms with E-state index in [4.69, 9.17) is 4.74 Å². The number of benzene rings is 2. The van der Waals surface area contributed by atoms with Crippen molar-refractivity contribution in [3.05, 3.63) is 66.0 Å². The first-order valence-electron chi connectivity index (χ1n) is 10.3. The van der Waals surface area contributed by atoms with Crippen LogP contribution in [0.25, 0.3) is 0 Å². The second-order valence-electron chi connectivity index (χ2n) is 7.71. The predicted octanol–water partition coefficient (Wildman–Crippen LogP) is 1.99. The number of nitrogens with one attached hydrogen (secondary N) is 1. The fourth-order valence-electron chi connectivity index (χ4n) is 3.92. The highest BCUT2D eigenvalue weighted by Crippen LogP contribution is 2.18. The maximum absolute atomic E-state index is 13.1. The van der Waals surface area contributed by atoms with E-state index in [0.717, 1.165) is 11.3 Å². The molecule has 1 N–H and O–H groups in total. The maximum Gasteiger partial charge on any atom is 0.240 e. The molecule has 7 heteroatoms. The molecule has 2 aliphatic heterocycles. The van der Waals surface area contributed by atoms with Gasteiger partial charge in [-0.05, 0) is 29.8 Å². The molecule has 30 heavy (non-hydrogen) atoms. The van der Waals surface area contributed by atoms with Crippen molar-refractivity contribution < 1.29 is 18.7 Å². The van der Waals surface area contributed by atoms with Gasteiger partial charge in [0.1, 0.15) is 11.9 Å². The Kier molecular flexibility index (Phi) is 6.40. The largest absolute Gasteiger partial charge is 0.368 e. The molecule has 2 aliphatic rings. The summed E-state index contributed by atoms with van der Waals surface area (Å²) in [5.41, 5.74) is 1.97. The van der Waals surface area contributed by atoms with Gasteiger partial charge in [-0.25, -0.2) is 4.39 Å². The maximum atomic E-state index is 13.1. The molecule has 1 amide bonds. The third kappa shape index (κ3) is 4.86. The van der Waals surface area contributed by atoms with Gasteiger partial charge in [-0.15, -0.1) is 0 Å².